The molecule has 0 saturated heterocycles. The molecule has 114 valence electrons. The molecule has 0 bridgehead atoms. The maximum absolute atomic E-state index is 11.7. The van der Waals surface area contributed by atoms with Gasteiger partial charge < -0.3 is 10.4 Å². The van der Waals surface area contributed by atoms with E-state index in [2.05, 4.69) is 31.8 Å². The summed E-state index contributed by atoms with van der Waals surface area (Å²) in [4.78, 5) is 11.7. The van der Waals surface area contributed by atoms with Gasteiger partial charge in [0, 0.05) is 15.7 Å². The van der Waals surface area contributed by atoms with Crippen LogP contribution in [0.2, 0.25) is 0 Å². The van der Waals surface area contributed by atoms with Crippen LogP contribution in [0.4, 0.5) is 5.69 Å². The molecule has 5 nitrogen and oxygen atoms in total. The van der Waals surface area contributed by atoms with Crippen molar-refractivity contribution in [1.29, 1.82) is 0 Å². The molecular weight excluding hydrogens is 346 g/mol. The van der Waals surface area contributed by atoms with Crippen LogP contribution in [-0.2, 0) is 4.79 Å². The third-order valence-electron chi connectivity index (χ3n) is 2.89. The van der Waals surface area contributed by atoms with Crippen molar-refractivity contribution >= 4 is 33.7 Å². The molecule has 0 fully saturated rings. The van der Waals surface area contributed by atoms with Gasteiger partial charge in [-0.15, -0.1) is 0 Å². The standard InChI is InChI=1S/C16H16BrN3O2/c1-11-2-5-14(6-3-11)18-10-16(22)20-19-9-12-8-13(17)4-7-15(12)21/h2-9,18,21H,10H2,1H3,(H,20,22)/b19-9+. The first-order valence-corrected chi connectivity index (χ1v) is 7.45. The summed E-state index contributed by atoms with van der Waals surface area (Å²) < 4.78 is 0.819. The molecule has 0 aliphatic carbocycles. The molecule has 2 rings (SSSR count). The number of phenols is 1. The zero-order valence-electron chi connectivity index (χ0n) is 12.0. The van der Waals surface area contributed by atoms with Crippen LogP contribution in [0.5, 0.6) is 5.75 Å². The molecule has 22 heavy (non-hydrogen) atoms. The molecule has 0 saturated carbocycles. The van der Waals surface area contributed by atoms with Gasteiger partial charge in [-0.3, -0.25) is 4.79 Å². The van der Waals surface area contributed by atoms with Gasteiger partial charge in [0.2, 0.25) is 0 Å². The predicted octanol–water partition coefficient (Wildman–Crippen LogP) is 3.03. The number of benzene rings is 2. The molecule has 6 heteroatoms. The summed E-state index contributed by atoms with van der Waals surface area (Å²) >= 11 is 3.30. The van der Waals surface area contributed by atoms with E-state index in [1.807, 2.05) is 31.2 Å². The summed E-state index contributed by atoms with van der Waals surface area (Å²) in [5, 5.41) is 16.5. The molecule has 0 radical (unpaired) electrons. The maximum Gasteiger partial charge on any atom is 0.259 e. The van der Waals surface area contributed by atoms with Crippen LogP contribution in [0.3, 0.4) is 0 Å². The van der Waals surface area contributed by atoms with E-state index < -0.39 is 0 Å². The highest BCUT2D eigenvalue weighted by Crippen LogP contribution is 2.19. The van der Waals surface area contributed by atoms with Crippen molar-refractivity contribution in [2.24, 2.45) is 5.10 Å². The molecule has 2 aromatic carbocycles. The van der Waals surface area contributed by atoms with Crippen molar-refractivity contribution in [1.82, 2.24) is 5.43 Å². The Labute approximate surface area is 137 Å². The third kappa shape index (κ3) is 4.89. The Morgan fingerprint density at radius 1 is 1.27 bits per heavy atom. The fraction of sp³-hybridized carbons (Fsp3) is 0.125. The van der Waals surface area contributed by atoms with Crippen molar-refractivity contribution in [2.75, 3.05) is 11.9 Å². The number of hydrogen-bond donors (Lipinski definition) is 3. The lowest BCUT2D eigenvalue weighted by Crippen LogP contribution is -2.25. The first kappa shape index (κ1) is 16.0. The van der Waals surface area contributed by atoms with E-state index in [1.54, 1.807) is 18.2 Å². The molecule has 3 N–H and O–H groups in total. The molecule has 0 unspecified atom stereocenters. The summed E-state index contributed by atoms with van der Waals surface area (Å²) in [6.07, 6.45) is 1.39. The van der Waals surface area contributed by atoms with E-state index in [1.165, 1.54) is 6.21 Å². The molecule has 0 atom stereocenters. The molecule has 0 heterocycles. The second-order valence-corrected chi connectivity index (χ2v) is 5.63. The second-order valence-electron chi connectivity index (χ2n) is 4.72. The average Bonchev–Trinajstić information content (AvgIpc) is 2.50. The minimum absolute atomic E-state index is 0.0963. The van der Waals surface area contributed by atoms with Crippen LogP contribution in [-0.4, -0.2) is 23.8 Å². The maximum atomic E-state index is 11.7. The van der Waals surface area contributed by atoms with Gasteiger partial charge >= 0.3 is 0 Å². The highest BCUT2D eigenvalue weighted by Gasteiger charge is 2.01. The molecule has 2 aromatic rings. The first-order valence-electron chi connectivity index (χ1n) is 6.65. The number of aromatic hydroxyl groups is 1. The zero-order chi connectivity index (χ0) is 15.9. The van der Waals surface area contributed by atoms with E-state index in [9.17, 15) is 9.90 Å². The van der Waals surface area contributed by atoms with Crippen LogP contribution in [0.15, 0.2) is 52.0 Å². The lowest BCUT2D eigenvalue weighted by Gasteiger charge is -2.05. The molecule has 0 aromatic heterocycles. The fourth-order valence-corrected chi connectivity index (χ4v) is 2.07. The Morgan fingerprint density at radius 3 is 2.73 bits per heavy atom. The molecule has 0 aliphatic heterocycles. The highest BCUT2D eigenvalue weighted by atomic mass is 79.9. The Balaban J connectivity index is 1.83. The van der Waals surface area contributed by atoms with E-state index in [4.69, 9.17) is 0 Å². The molecule has 1 amide bonds. The molecular formula is C16H16BrN3O2. The Kier molecular flexibility index (Phi) is 5.55. The number of phenolic OH excluding ortho intramolecular Hbond substituents is 1. The number of aryl methyl sites for hydroxylation is 1. The summed E-state index contributed by atoms with van der Waals surface area (Å²) in [6, 6.07) is 12.7. The van der Waals surface area contributed by atoms with Crippen molar-refractivity contribution < 1.29 is 9.90 Å². The van der Waals surface area contributed by atoms with Gasteiger partial charge in [0.15, 0.2) is 0 Å². The van der Waals surface area contributed by atoms with Crippen molar-refractivity contribution in [3.63, 3.8) is 0 Å². The highest BCUT2D eigenvalue weighted by molar-refractivity contribution is 9.10. The SMILES string of the molecule is Cc1ccc(NCC(=O)N/N=C/c2cc(Br)ccc2O)cc1. The topological polar surface area (TPSA) is 73.7 Å². The van der Waals surface area contributed by atoms with Gasteiger partial charge in [-0.1, -0.05) is 33.6 Å². The number of hydrogen-bond acceptors (Lipinski definition) is 4. The van der Waals surface area contributed by atoms with E-state index in [0.717, 1.165) is 15.7 Å². The van der Waals surface area contributed by atoms with Crippen molar-refractivity contribution in [2.45, 2.75) is 6.92 Å². The minimum atomic E-state index is -0.272. The number of nitrogens with zero attached hydrogens (tertiary/aromatic N) is 1. The summed E-state index contributed by atoms with van der Waals surface area (Å²) in [6.45, 7) is 2.12. The number of nitrogens with one attached hydrogen (secondary N) is 2. The van der Waals surface area contributed by atoms with Crippen LogP contribution >= 0.6 is 15.9 Å². The number of halogens is 1. The average molecular weight is 362 g/mol. The van der Waals surface area contributed by atoms with Gasteiger partial charge in [0.25, 0.3) is 5.91 Å². The Morgan fingerprint density at radius 2 is 2.00 bits per heavy atom. The first-order chi connectivity index (χ1) is 10.5. The smallest absolute Gasteiger partial charge is 0.259 e. The predicted molar refractivity (Wildman–Crippen MR) is 91.2 cm³/mol. The van der Waals surface area contributed by atoms with Gasteiger partial charge in [0.1, 0.15) is 5.75 Å². The number of carbonyl (C=O) groups excluding carboxylic acids is 1. The molecule has 0 aliphatic rings. The number of rotatable bonds is 5. The van der Waals surface area contributed by atoms with Gasteiger partial charge in [0.05, 0.1) is 12.8 Å². The second kappa shape index (κ2) is 7.61. The Bertz CT molecular complexity index is 684. The van der Waals surface area contributed by atoms with E-state index >= 15 is 0 Å². The quantitative estimate of drug-likeness (QED) is 0.566. The molecule has 0 spiro atoms. The van der Waals surface area contributed by atoms with Crippen molar-refractivity contribution in [3.05, 3.63) is 58.1 Å². The third-order valence-corrected chi connectivity index (χ3v) is 3.38. The van der Waals surface area contributed by atoms with Crippen molar-refractivity contribution in [3.8, 4) is 5.75 Å². The van der Waals surface area contributed by atoms with Gasteiger partial charge in [-0.2, -0.15) is 5.10 Å². The largest absolute Gasteiger partial charge is 0.507 e. The lowest BCUT2D eigenvalue weighted by atomic mass is 10.2. The van der Waals surface area contributed by atoms with E-state index in [0.29, 0.717) is 5.56 Å². The lowest BCUT2D eigenvalue weighted by molar-refractivity contribution is -0.119. The van der Waals surface area contributed by atoms with Gasteiger partial charge in [-0.25, -0.2) is 5.43 Å². The zero-order valence-corrected chi connectivity index (χ0v) is 13.6. The summed E-state index contributed by atoms with van der Waals surface area (Å²) in [7, 11) is 0. The number of anilines is 1. The number of amides is 1. The van der Waals surface area contributed by atoms with E-state index in [-0.39, 0.29) is 18.2 Å². The summed E-state index contributed by atoms with van der Waals surface area (Å²) in [5.74, 6) is -0.176. The van der Waals surface area contributed by atoms with Crippen LogP contribution in [0.1, 0.15) is 11.1 Å². The summed E-state index contributed by atoms with van der Waals surface area (Å²) in [5.41, 5.74) is 4.95. The number of carbonyl (C=O) groups is 1. The fourth-order valence-electron chi connectivity index (χ4n) is 1.70. The monoisotopic (exact) mass is 361 g/mol. The van der Waals surface area contributed by atoms with Crippen LogP contribution < -0.4 is 10.7 Å². The van der Waals surface area contributed by atoms with Gasteiger partial charge in [-0.05, 0) is 37.3 Å². The van der Waals surface area contributed by atoms with Crippen LogP contribution in [0.25, 0.3) is 0 Å². The number of hydrazone groups is 1. The van der Waals surface area contributed by atoms with Crippen LogP contribution in [0, 0.1) is 6.92 Å². The minimum Gasteiger partial charge on any atom is -0.507 e. The normalized spacial score (nSPS) is 10.6. The Hall–Kier alpha value is -2.34.